The first-order valence-electron chi connectivity index (χ1n) is 8.22. The average Bonchev–Trinajstić information content (AvgIpc) is 2.68. The van der Waals surface area contributed by atoms with Gasteiger partial charge in [-0.25, -0.2) is 9.97 Å². The van der Waals surface area contributed by atoms with Crippen LogP contribution in [0.3, 0.4) is 0 Å². The molecule has 0 unspecified atom stereocenters. The zero-order chi connectivity index (χ0) is 18.1. The van der Waals surface area contributed by atoms with Gasteiger partial charge in [-0.05, 0) is 18.2 Å². The number of rotatable bonds is 3. The fraction of sp³-hybridized carbons (Fsp3) is 0.0476. The lowest BCUT2D eigenvalue weighted by atomic mass is 10.0. The molecule has 26 heavy (non-hydrogen) atoms. The molecule has 0 saturated heterocycles. The highest BCUT2D eigenvalue weighted by Gasteiger charge is 2.17. The molecule has 0 amide bonds. The number of ketones is 1. The molecule has 2 aromatic carbocycles. The lowest BCUT2D eigenvalue weighted by molar-refractivity contribution is 0.101. The fourth-order valence-electron chi connectivity index (χ4n) is 2.93. The van der Waals surface area contributed by atoms with Gasteiger partial charge >= 0.3 is 0 Å². The second kappa shape index (κ2) is 6.37. The zero-order valence-corrected chi connectivity index (χ0v) is 14.2. The molecule has 0 aliphatic carbocycles. The SMILES string of the molecule is CC(=O)c1nc(-c2ccc3ncccc3c2)c(-c2ccccc2)nc1N. The Balaban J connectivity index is 2.00. The normalized spacial score (nSPS) is 10.8. The Kier molecular flexibility index (Phi) is 3.89. The highest BCUT2D eigenvalue weighted by molar-refractivity contribution is 5.98. The first-order valence-corrected chi connectivity index (χ1v) is 8.22. The van der Waals surface area contributed by atoms with Gasteiger partial charge in [-0.2, -0.15) is 0 Å². The number of hydrogen-bond donors (Lipinski definition) is 1. The third-order valence-electron chi connectivity index (χ3n) is 4.18. The van der Waals surface area contributed by atoms with E-state index in [1.807, 2.05) is 60.7 Å². The highest BCUT2D eigenvalue weighted by atomic mass is 16.1. The minimum absolute atomic E-state index is 0.141. The quantitative estimate of drug-likeness (QED) is 0.567. The molecule has 126 valence electrons. The Labute approximate surface area is 150 Å². The summed E-state index contributed by atoms with van der Waals surface area (Å²) >= 11 is 0. The van der Waals surface area contributed by atoms with Gasteiger partial charge in [0.1, 0.15) is 5.69 Å². The number of nitrogens with zero attached hydrogens (tertiary/aromatic N) is 3. The van der Waals surface area contributed by atoms with E-state index in [2.05, 4.69) is 15.0 Å². The Morgan fingerprint density at radius 2 is 1.65 bits per heavy atom. The molecule has 0 saturated carbocycles. The molecule has 0 spiro atoms. The van der Waals surface area contributed by atoms with Crippen LogP contribution in [0.15, 0.2) is 66.9 Å². The van der Waals surface area contributed by atoms with Crippen LogP contribution in [0.1, 0.15) is 17.4 Å². The predicted molar refractivity (Wildman–Crippen MR) is 103 cm³/mol. The summed E-state index contributed by atoms with van der Waals surface area (Å²) in [6.07, 6.45) is 1.76. The highest BCUT2D eigenvalue weighted by Crippen LogP contribution is 2.32. The molecular formula is C21H16N4O. The molecule has 2 aromatic heterocycles. The summed E-state index contributed by atoms with van der Waals surface area (Å²) in [7, 11) is 0. The monoisotopic (exact) mass is 340 g/mol. The van der Waals surface area contributed by atoms with E-state index in [0.29, 0.717) is 11.4 Å². The van der Waals surface area contributed by atoms with Gasteiger partial charge in [-0.15, -0.1) is 0 Å². The number of nitrogens with two attached hydrogens (primary N) is 1. The van der Waals surface area contributed by atoms with Gasteiger partial charge in [0.05, 0.1) is 16.9 Å². The second-order valence-electron chi connectivity index (χ2n) is 5.99. The van der Waals surface area contributed by atoms with E-state index in [1.54, 1.807) is 6.20 Å². The molecule has 5 nitrogen and oxygen atoms in total. The van der Waals surface area contributed by atoms with E-state index in [0.717, 1.165) is 22.0 Å². The number of fused-ring (bicyclic) bond motifs is 1. The number of carbonyl (C=O) groups excluding carboxylic acids is 1. The predicted octanol–water partition coefficient (Wildman–Crippen LogP) is 4.14. The molecule has 4 rings (SSSR count). The largest absolute Gasteiger partial charge is 0.382 e. The van der Waals surface area contributed by atoms with Crippen molar-refractivity contribution in [1.82, 2.24) is 15.0 Å². The standard InChI is InChI=1S/C21H16N4O/c1-13(26)18-21(22)25-19(14-6-3-2-4-7-14)20(24-18)16-9-10-17-15(12-16)8-5-11-23-17/h2-12H,1H3,(H2,22,25). The van der Waals surface area contributed by atoms with Crippen LogP contribution in [0, 0.1) is 0 Å². The van der Waals surface area contributed by atoms with E-state index >= 15 is 0 Å². The van der Waals surface area contributed by atoms with Crippen LogP contribution in [0.25, 0.3) is 33.4 Å². The molecule has 0 fully saturated rings. The van der Waals surface area contributed by atoms with Crippen LogP contribution in [0.2, 0.25) is 0 Å². The number of nitrogen functional groups attached to an aromatic ring is 1. The molecule has 5 heteroatoms. The smallest absolute Gasteiger partial charge is 0.181 e. The van der Waals surface area contributed by atoms with Crippen molar-refractivity contribution in [3.8, 4) is 22.5 Å². The van der Waals surface area contributed by atoms with E-state index < -0.39 is 0 Å². The fourth-order valence-corrected chi connectivity index (χ4v) is 2.93. The minimum atomic E-state index is -0.210. The molecule has 0 bridgehead atoms. The maximum absolute atomic E-state index is 11.9. The Hall–Kier alpha value is -3.60. The summed E-state index contributed by atoms with van der Waals surface area (Å²) in [5.41, 5.74) is 10.1. The summed E-state index contributed by atoms with van der Waals surface area (Å²) < 4.78 is 0. The summed E-state index contributed by atoms with van der Waals surface area (Å²) in [6.45, 7) is 1.44. The van der Waals surface area contributed by atoms with E-state index in [4.69, 9.17) is 5.73 Å². The molecule has 4 aromatic rings. The van der Waals surface area contributed by atoms with Gasteiger partial charge in [0, 0.05) is 29.6 Å². The number of Topliss-reactive ketones (excluding diaryl/α,β-unsaturated/α-hetero) is 1. The maximum atomic E-state index is 11.9. The first-order chi connectivity index (χ1) is 12.6. The number of benzene rings is 2. The molecule has 2 heterocycles. The Morgan fingerprint density at radius 3 is 2.42 bits per heavy atom. The van der Waals surface area contributed by atoms with Crippen LogP contribution in [-0.4, -0.2) is 20.7 Å². The van der Waals surface area contributed by atoms with Gasteiger partial charge in [-0.3, -0.25) is 9.78 Å². The van der Waals surface area contributed by atoms with Gasteiger partial charge in [0.15, 0.2) is 11.6 Å². The third-order valence-corrected chi connectivity index (χ3v) is 4.18. The second-order valence-corrected chi connectivity index (χ2v) is 5.99. The van der Waals surface area contributed by atoms with Crippen LogP contribution >= 0.6 is 0 Å². The van der Waals surface area contributed by atoms with Gasteiger partial charge in [-0.1, -0.05) is 42.5 Å². The van der Waals surface area contributed by atoms with Crippen LogP contribution in [0.5, 0.6) is 0 Å². The average molecular weight is 340 g/mol. The minimum Gasteiger partial charge on any atom is -0.382 e. The molecule has 0 radical (unpaired) electrons. The van der Waals surface area contributed by atoms with Crippen molar-refractivity contribution in [3.05, 3.63) is 72.6 Å². The van der Waals surface area contributed by atoms with Crippen molar-refractivity contribution in [3.63, 3.8) is 0 Å². The first kappa shape index (κ1) is 15.9. The summed E-state index contributed by atoms with van der Waals surface area (Å²) in [5, 5.41) is 0.993. The topological polar surface area (TPSA) is 81.8 Å². The van der Waals surface area contributed by atoms with Crippen LogP contribution < -0.4 is 5.73 Å². The number of aromatic nitrogens is 3. The molecule has 0 atom stereocenters. The van der Waals surface area contributed by atoms with Gasteiger partial charge in [0.2, 0.25) is 0 Å². The molecule has 2 N–H and O–H groups in total. The van der Waals surface area contributed by atoms with Crippen molar-refractivity contribution >= 4 is 22.5 Å². The zero-order valence-electron chi connectivity index (χ0n) is 14.2. The number of anilines is 1. The summed E-state index contributed by atoms with van der Waals surface area (Å²) in [6, 6.07) is 19.4. The summed E-state index contributed by atoms with van der Waals surface area (Å²) in [5.74, 6) is -0.0686. The van der Waals surface area contributed by atoms with E-state index in [-0.39, 0.29) is 17.3 Å². The number of carbonyl (C=O) groups is 1. The van der Waals surface area contributed by atoms with Gasteiger partial charge in [0.25, 0.3) is 0 Å². The molecular weight excluding hydrogens is 324 g/mol. The molecule has 0 aliphatic heterocycles. The van der Waals surface area contributed by atoms with E-state index in [1.165, 1.54) is 6.92 Å². The number of hydrogen-bond acceptors (Lipinski definition) is 5. The van der Waals surface area contributed by atoms with Crippen molar-refractivity contribution < 1.29 is 4.79 Å². The number of pyridine rings is 1. The lowest BCUT2D eigenvalue weighted by Crippen LogP contribution is -2.08. The lowest BCUT2D eigenvalue weighted by Gasteiger charge is -2.12. The van der Waals surface area contributed by atoms with E-state index in [9.17, 15) is 4.79 Å². The maximum Gasteiger partial charge on any atom is 0.181 e. The van der Waals surface area contributed by atoms with Gasteiger partial charge < -0.3 is 5.73 Å². The Bertz CT molecular complexity index is 1120. The van der Waals surface area contributed by atoms with Crippen molar-refractivity contribution in [1.29, 1.82) is 0 Å². The van der Waals surface area contributed by atoms with Crippen molar-refractivity contribution in [2.45, 2.75) is 6.92 Å². The van der Waals surface area contributed by atoms with Crippen molar-refractivity contribution in [2.75, 3.05) is 5.73 Å². The Morgan fingerprint density at radius 1 is 0.885 bits per heavy atom. The third kappa shape index (κ3) is 2.80. The molecule has 0 aliphatic rings. The van der Waals surface area contributed by atoms with Crippen LogP contribution in [0.4, 0.5) is 5.82 Å². The summed E-state index contributed by atoms with van der Waals surface area (Å²) in [4.78, 5) is 25.3. The van der Waals surface area contributed by atoms with Crippen molar-refractivity contribution in [2.24, 2.45) is 0 Å². The van der Waals surface area contributed by atoms with Crippen LogP contribution in [-0.2, 0) is 0 Å².